The lowest BCUT2D eigenvalue weighted by molar-refractivity contribution is 0.346. The van der Waals surface area contributed by atoms with E-state index in [4.69, 9.17) is 4.74 Å². The van der Waals surface area contributed by atoms with E-state index in [0.717, 1.165) is 30.6 Å². The smallest absolute Gasteiger partial charge is 0.244 e. The number of piperidine rings is 1. The first-order valence-corrected chi connectivity index (χ1v) is 11.8. The highest BCUT2D eigenvalue weighted by Crippen LogP contribution is 2.26. The van der Waals surface area contributed by atoms with Crippen LogP contribution in [0.25, 0.3) is 0 Å². The van der Waals surface area contributed by atoms with Crippen LogP contribution in [0.3, 0.4) is 0 Å². The molecule has 1 aliphatic heterocycles. The molecule has 0 aliphatic carbocycles. The van der Waals surface area contributed by atoms with Crippen molar-refractivity contribution >= 4 is 21.8 Å². The van der Waals surface area contributed by atoms with E-state index in [1.165, 1.54) is 22.3 Å². The van der Waals surface area contributed by atoms with E-state index < -0.39 is 10.0 Å². The van der Waals surface area contributed by atoms with Crippen molar-refractivity contribution in [3.8, 4) is 5.75 Å². The summed E-state index contributed by atoms with van der Waals surface area (Å²) in [5, 5.41) is 13.1. The fourth-order valence-electron chi connectivity index (χ4n) is 3.20. The predicted octanol–water partition coefficient (Wildman–Crippen LogP) is 2.45. The number of pyridine rings is 1. The molecule has 1 aliphatic rings. The lowest BCUT2D eigenvalue weighted by atomic mass is 10.2. The molecule has 1 saturated heterocycles. The minimum absolute atomic E-state index is 0.214. The third kappa shape index (κ3) is 4.63. The number of sulfonamides is 1. The van der Waals surface area contributed by atoms with E-state index in [2.05, 4.69) is 20.5 Å². The molecule has 0 unspecified atom stereocenters. The van der Waals surface area contributed by atoms with Crippen molar-refractivity contribution in [1.29, 1.82) is 0 Å². The Morgan fingerprint density at radius 2 is 1.83 bits per heavy atom. The Hall–Kier alpha value is -2.50. The summed E-state index contributed by atoms with van der Waals surface area (Å²) in [5.74, 6) is 0.786. The SMILES string of the molecule is COc1ccc(Cn2nnnc2Sc2ccc(S(=O)(=O)N3CCCCC3)cn2)cc1. The molecular weight excluding hydrogens is 424 g/mol. The van der Waals surface area contributed by atoms with Gasteiger partial charge in [0.05, 0.1) is 13.7 Å². The summed E-state index contributed by atoms with van der Waals surface area (Å²) in [5.41, 5.74) is 1.03. The molecule has 30 heavy (non-hydrogen) atoms. The Morgan fingerprint density at radius 1 is 1.07 bits per heavy atom. The Kier molecular flexibility index (Phi) is 6.30. The monoisotopic (exact) mass is 446 g/mol. The number of tetrazole rings is 1. The molecule has 0 radical (unpaired) electrons. The molecule has 0 amide bonds. The molecule has 11 heteroatoms. The van der Waals surface area contributed by atoms with Gasteiger partial charge in [0, 0.05) is 19.3 Å². The maximum Gasteiger partial charge on any atom is 0.244 e. The number of hydrogen-bond donors (Lipinski definition) is 0. The number of rotatable bonds is 7. The van der Waals surface area contributed by atoms with Crippen molar-refractivity contribution in [2.45, 2.75) is 40.9 Å². The summed E-state index contributed by atoms with van der Waals surface area (Å²) in [6.07, 6.45) is 4.28. The van der Waals surface area contributed by atoms with Crippen molar-refractivity contribution < 1.29 is 13.2 Å². The molecule has 1 fully saturated rings. The predicted molar refractivity (Wildman–Crippen MR) is 111 cm³/mol. The number of methoxy groups -OCH3 is 1. The van der Waals surface area contributed by atoms with Crippen LogP contribution in [-0.2, 0) is 16.6 Å². The van der Waals surface area contributed by atoms with Crippen LogP contribution in [0.1, 0.15) is 24.8 Å². The highest BCUT2D eigenvalue weighted by molar-refractivity contribution is 7.99. The van der Waals surface area contributed by atoms with Crippen molar-refractivity contribution in [3.05, 3.63) is 48.2 Å². The highest BCUT2D eigenvalue weighted by Gasteiger charge is 2.26. The third-order valence-electron chi connectivity index (χ3n) is 4.85. The van der Waals surface area contributed by atoms with Crippen LogP contribution in [0.15, 0.2) is 57.7 Å². The molecule has 0 spiro atoms. The molecular formula is C19H22N6O3S2. The van der Waals surface area contributed by atoms with E-state index in [1.54, 1.807) is 23.9 Å². The maximum absolute atomic E-state index is 12.8. The first-order valence-electron chi connectivity index (χ1n) is 9.59. The normalized spacial score (nSPS) is 15.2. The Bertz CT molecular complexity index is 1080. The van der Waals surface area contributed by atoms with Crippen LogP contribution in [0.4, 0.5) is 0 Å². The summed E-state index contributed by atoms with van der Waals surface area (Å²) in [7, 11) is -1.86. The van der Waals surface area contributed by atoms with Gasteiger partial charge in [-0.1, -0.05) is 18.6 Å². The van der Waals surface area contributed by atoms with Crippen LogP contribution < -0.4 is 4.74 Å². The van der Waals surface area contributed by atoms with Gasteiger partial charge in [0.1, 0.15) is 15.7 Å². The number of ether oxygens (including phenoxy) is 1. The van der Waals surface area contributed by atoms with Gasteiger partial charge in [0.2, 0.25) is 15.2 Å². The van der Waals surface area contributed by atoms with Gasteiger partial charge < -0.3 is 4.74 Å². The number of aromatic nitrogens is 5. The first-order chi connectivity index (χ1) is 14.6. The zero-order valence-electron chi connectivity index (χ0n) is 16.5. The molecule has 3 aromatic rings. The van der Waals surface area contributed by atoms with Crippen LogP contribution >= 0.6 is 11.8 Å². The van der Waals surface area contributed by atoms with E-state index in [-0.39, 0.29) is 4.90 Å². The van der Waals surface area contributed by atoms with E-state index >= 15 is 0 Å². The molecule has 1 aromatic carbocycles. The van der Waals surface area contributed by atoms with E-state index in [1.807, 2.05) is 24.3 Å². The van der Waals surface area contributed by atoms with Crippen LogP contribution in [0, 0.1) is 0 Å². The van der Waals surface area contributed by atoms with E-state index in [0.29, 0.717) is 29.8 Å². The van der Waals surface area contributed by atoms with Crippen LogP contribution in [0.2, 0.25) is 0 Å². The molecule has 3 heterocycles. The Balaban J connectivity index is 1.45. The summed E-state index contributed by atoms with van der Waals surface area (Å²) in [6, 6.07) is 11.0. The molecule has 0 atom stereocenters. The molecule has 4 rings (SSSR count). The Morgan fingerprint density at radius 3 is 2.50 bits per heavy atom. The second-order valence-corrected chi connectivity index (χ2v) is 9.79. The average molecular weight is 447 g/mol. The largest absolute Gasteiger partial charge is 0.497 e. The molecule has 9 nitrogen and oxygen atoms in total. The second kappa shape index (κ2) is 9.11. The summed E-state index contributed by atoms with van der Waals surface area (Å²) in [6.45, 7) is 1.64. The summed E-state index contributed by atoms with van der Waals surface area (Å²) in [4.78, 5) is 4.53. The fraction of sp³-hybridized carbons (Fsp3) is 0.368. The van der Waals surface area contributed by atoms with Gasteiger partial charge in [-0.15, -0.1) is 5.10 Å². The van der Waals surface area contributed by atoms with Crippen LogP contribution in [0.5, 0.6) is 5.75 Å². The maximum atomic E-state index is 12.8. The molecule has 0 saturated carbocycles. The number of benzene rings is 1. The van der Waals surface area contributed by atoms with Gasteiger partial charge in [-0.3, -0.25) is 0 Å². The fourth-order valence-corrected chi connectivity index (χ4v) is 5.38. The van der Waals surface area contributed by atoms with Gasteiger partial charge in [-0.25, -0.2) is 18.1 Å². The third-order valence-corrected chi connectivity index (χ3v) is 7.66. The summed E-state index contributed by atoms with van der Waals surface area (Å²) >= 11 is 1.29. The van der Waals surface area contributed by atoms with E-state index in [9.17, 15) is 8.42 Å². The topological polar surface area (TPSA) is 103 Å². The number of nitrogens with zero attached hydrogens (tertiary/aromatic N) is 6. The molecule has 0 N–H and O–H groups in total. The van der Waals surface area contributed by atoms with Gasteiger partial charge in [-0.2, -0.15) is 4.31 Å². The quantitative estimate of drug-likeness (QED) is 0.545. The van der Waals surface area contributed by atoms with Crippen molar-refractivity contribution in [2.75, 3.05) is 20.2 Å². The molecule has 0 bridgehead atoms. The van der Waals surface area contributed by atoms with Gasteiger partial charge in [0.15, 0.2) is 0 Å². The van der Waals surface area contributed by atoms with Gasteiger partial charge in [-0.05, 0) is 64.9 Å². The minimum atomic E-state index is -3.49. The zero-order valence-corrected chi connectivity index (χ0v) is 18.1. The molecule has 2 aromatic heterocycles. The van der Waals surface area contributed by atoms with Crippen LogP contribution in [-0.4, -0.2) is 58.1 Å². The van der Waals surface area contributed by atoms with Crippen molar-refractivity contribution in [1.82, 2.24) is 29.5 Å². The Labute approximate surface area is 179 Å². The molecule has 158 valence electrons. The minimum Gasteiger partial charge on any atom is -0.497 e. The lowest BCUT2D eigenvalue weighted by Gasteiger charge is -2.25. The van der Waals surface area contributed by atoms with Gasteiger partial charge in [0.25, 0.3) is 0 Å². The second-order valence-electron chi connectivity index (χ2n) is 6.87. The first kappa shape index (κ1) is 20.8. The standard InChI is InChI=1S/C19H22N6O3S2/c1-28-16-7-5-15(6-8-16)14-25-19(21-22-23-25)29-18-10-9-17(13-20-18)30(26,27)24-11-3-2-4-12-24/h5-10,13H,2-4,11-12,14H2,1H3. The zero-order chi connectivity index (χ0) is 21.0. The van der Waals surface area contributed by atoms with Crippen molar-refractivity contribution in [3.63, 3.8) is 0 Å². The lowest BCUT2D eigenvalue weighted by Crippen LogP contribution is -2.35. The highest BCUT2D eigenvalue weighted by atomic mass is 32.2. The van der Waals surface area contributed by atoms with Crippen molar-refractivity contribution in [2.24, 2.45) is 0 Å². The summed E-state index contributed by atoms with van der Waals surface area (Å²) < 4.78 is 33.9. The average Bonchev–Trinajstić information content (AvgIpc) is 3.21. The van der Waals surface area contributed by atoms with Gasteiger partial charge >= 0.3 is 0 Å². The number of hydrogen-bond acceptors (Lipinski definition) is 8.